The maximum atomic E-state index is 13.7. The van der Waals surface area contributed by atoms with Crippen molar-refractivity contribution in [2.75, 3.05) is 6.54 Å². The van der Waals surface area contributed by atoms with Gasteiger partial charge in [0.15, 0.2) is 0 Å². The van der Waals surface area contributed by atoms with Crippen LogP contribution in [0.15, 0.2) is 24.3 Å². The van der Waals surface area contributed by atoms with Gasteiger partial charge in [-0.3, -0.25) is 9.78 Å². The molecule has 0 unspecified atom stereocenters. The molecule has 0 radical (unpaired) electrons. The van der Waals surface area contributed by atoms with E-state index in [0.29, 0.717) is 41.8 Å². The molecular formula is C18H17FN2O3. The van der Waals surface area contributed by atoms with Gasteiger partial charge in [-0.05, 0) is 49.9 Å². The standard InChI is InChI=1S/C18H17FN2O3/c19-11-5-6-14-12(8-11)13(9-15(20-14)10-3-4-10)17(22)21-7-1-2-16(21)18(23)24/h5-6,8-10,16H,1-4,7H2,(H,23,24)/t16-/m1/s1. The first-order chi connectivity index (χ1) is 11.5. The third-order valence-corrected chi connectivity index (χ3v) is 4.82. The van der Waals surface area contributed by atoms with Gasteiger partial charge in [-0.15, -0.1) is 0 Å². The maximum Gasteiger partial charge on any atom is 0.326 e. The summed E-state index contributed by atoms with van der Waals surface area (Å²) in [5.74, 6) is -1.43. The van der Waals surface area contributed by atoms with Gasteiger partial charge in [0.05, 0.1) is 11.1 Å². The second-order valence-corrected chi connectivity index (χ2v) is 6.53. The zero-order valence-electron chi connectivity index (χ0n) is 13.0. The molecule has 24 heavy (non-hydrogen) atoms. The van der Waals surface area contributed by atoms with Crippen molar-refractivity contribution in [2.24, 2.45) is 0 Å². The Morgan fingerprint density at radius 3 is 2.71 bits per heavy atom. The molecule has 0 spiro atoms. The lowest BCUT2D eigenvalue weighted by Gasteiger charge is -2.22. The molecule has 1 atom stereocenters. The molecule has 1 aliphatic heterocycles. The first-order valence-corrected chi connectivity index (χ1v) is 8.18. The summed E-state index contributed by atoms with van der Waals surface area (Å²) in [7, 11) is 0. The number of rotatable bonds is 3. The number of pyridine rings is 1. The summed E-state index contributed by atoms with van der Waals surface area (Å²) in [5, 5.41) is 9.77. The highest BCUT2D eigenvalue weighted by atomic mass is 19.1. The van der Waals surface area contributed by atoms with E-state index in [1.54, 1.807) is 12.1 Å². The van der Waals surface area contributed by atoms with Crippen LogP contribution in [0.1, 0.15) is 47.7 Å². The first kappa shape index (κ1) is 15.1. The van der Waals surface area contributed by atoms with Gasteiger partial charge in [-0.2, -0.15) is 0 Å². The summed E-state index contributed by atoms with van der Waals surface area (Å²) < 4.78 is 13.7. The van der Waals surface area contributed by atoms with E-state index in [4.69, 9.17) is 0 Å². The van der Waals surface area contributed by atoms with Crippen molar-refractivity contribution >= 4 is 22.8 Å². The highest BCUT2D eigenvalue weighted by Crippen LogP contribution is 2.40. The molecule has 1 saturated heterocycles. The molecule has 2 aliphatic rings. The van der Waals surface area contributed by atoms with Gasteiger partial charge in [0.1, 0.15) is 11.9 Å². The highest BCUT2D eigenvalue weighted by Gasteiger charge is 2.36. The van der Waals surface area contributed by atoms with Crippen molar-refractivity contribution in [2.45, 2.75) is 37.6 Å². The van der Waals surface area contributed by atoms with E-state index in [2.05, 4.69) is 4.98 Å². The molecule has 1 N–H and O–H groups in total. The second-order valence-electron chi connectivity index (χ2n) is 6.53. The number of aliphatic carboxylic acids is 1. The number of carbonyl (C=O) groups excluding carboxylic acids is 1. The van der Waals surface area contributed by atoms with Crippen LogP contribution in [0.5, 0.6) is 0 Å². The van der Waals surface area contributed by atoms with Crippen LogP contribution in [0.3, 0.4) is 0 Å². The number of hydrogen-bond acceptors (Lipinski definition) is 3. The number of halogens is 1. The average molecular weight is 328 g/mol. The van der Waals surface area contributed by atoms with E-state index in [-0.39, 0.29) is 5.91 Å². The monoisotopic (exact) mass is 328 g/mol. The third-order valence-electron chi connectivity index (χ3n) is 4.82. The van der Waals surface area contributed by atoms with E-state index in [1.165, 1.54) is 17.0 Å². The third kappa shape index (κ3) is 2.52. The van der Waals surface area contributed by atoms with Gasteiger partial charge >= 0.3 is 5.97 Å². The molecule has 2 heterocycles. The summed E-state index contributed by atoms with van der Waals surface area (Å²) in [6.07, 6.45) is 3.19. The van der Waals surface area contributed by atoms with Crippen LogP contribution in [-0.2, 0) is 4.79 Å². The zero-order valence-corrected chi connectivity index (χ0v) is 13.0. The fourth-order valence-electron chi connectivity index (χ4n) is 3.40. The Hall–Kier alpha value is -2.50. The minimum Gasteiger partial charge on any atom is -0.480 e. The van der Waals surface area contributed by atoms with Crippen LogP contribution in [0, 0.1) is 5.82 Å². The molecule has 0 bridgehead atoms. The predicted molar refractivity (Wildman–Crippen MR) is 85.4 cm³/mol. The number of carboxylic acids is 1. The molecule has 124 valence electrons. The number of benzene rings is 1. The quantitative estimate of drug-likeness (QED) is 0.940. The summed E-state index contributed by atoms with van der Waals surface area (Å²) in [6, 6.07) is 5.12. The molecule has 2 fully saturated rings. The van der Waals surface area contributed by atoms with E-state index in [0.717, 1.165) is 18.5 Å². The van der Waals surface area contributed by atoms with Gasteiger partial charge in [-0.1, -0.05) is 0 Å². The Balaban J connectivity index is 1.83. The summed E-state index contributed by atoms with van der Waals surface area (Å²) in [6.45, 7) is 0.410. The van der Waals surface area contributed by atoms with Crippen LogP contribution in [0.4, 0.5) is 4.39 Å². The Morgan fingerprint density at radius 1 is 1.21 bits per heavy atom. The number of hydrogen-bond donors (Lipinski definition) is 1. The SMILES string of the molecule is O=C(O)[C@H]1CCCN1C(=O)c1cc(C2CC2)nc2ccc(F)cc12. The van der Waals surface area contributed by atoms with Crippen molar-refractivity contribution in [1.82, 2.24) is 9.88 Å². The van der Waals surface area contributed by atoms with Crippen molar-refractivity contribution in [3.8, 4) is 0 Å². The lowest BCUT2D eigenvalue weighted by Crippen LogP contribution is -2.40. The number of fused-ring (bicyclic) bond motifs is 1. The Morgan fingerprint density at radius 2 is 2.00 bits per heavy atom. The van der Waals surface area contributed by atoms with Gasteiger partial charge in [-0.25, -0.2) is 9.18 Å². The van der Waals surface area contributed by atoms with Gasteiger partial charge < -0.3 is 10.0 Å². The molecule has 6 heteroatoms. The average Bonchev–Trinajstić information content (AvgIpc) is 3.29. The number of carboxylic acid groups (broad SMARTS) is 1. The number of amides is 1. The molecule has 4 rings (SSSR count). The van der Waals surface area contributed by atoms with Gasteiger partial charge in [0.2, 0.25) is 0 Å². The predicted octanol–water partition coefficient (Wildman–Crippen LogP) is 2.94. The molecule has 1 aliphatic carbocycles. The number of aromatic nitrogens is 1. The van der Waals surface area contributed by atoms with Crippen LogP contribution in [0.2, 0.25) is 0 Å². The number of likely N-dealkylation sites (tertiary alicyclic amines) is 1. The molecule has 1 aromatic heterocycles. The minimum absolute atomic E-state index is 0.347. The number of nitrogens with zero attached hydrogens (tertiary/aromatic N) is 2. The molecular weight excluding hydrogens is 311 g/mol. The second kappa shape index (κ2) is 5.54. The molecule has 1 saturated carbocycles. The van der Waals surface area contributed by atoms with E-state index >= 15 is 0 Å². The summed E-state index contributed by atoms with van der Waals surface area (Å²) in [5.41, 5.74) is 1.77. The number of carbonyl (C=O) groups is 2. The lowest BCUT2D eigenvalue weighted by atomic mass is 10.0. The minimum atomic E-state index is -0.993. The Bertz CT molecular complexity index is 848. The lowest BCUT2D eigenvalue weighted by molar-refractivity contribution is -0.141. The fraction of sp³-hybridized carbons (Fsp3) is 0.389. The smallest absolute Gasteiger partial charge is 0.326 e. The first-order valence-electron chi connectivity index (χ1n) is 8.18. The van der Waals surface area contributed by atoms with Crippen molar-refractivity contribution in [3.63, 3.8) is 0 Å². The van der Waals surface area contributed by atoms with Crippen LogP contribution in [-0.4, -0.2) is 39.5 Å². The normalized spacial score (nSPS) is 20.5. The van der Waals surface area contributed by atoms with Gasteiger partial charge in [0, 0.05) is 23.5 Å². The van der Waals surface area contributed by atoms with E-state index in [9.17, 15) is 19.1 Å². The Labute approximate surface area is 138 Å². The Kier molecular flexibility index (Phi) is 3.48. The van der Waals surface area contributed by atoms with Crippen molar-refractivity contribution in [1.29, 1.82) is 0 Å². The molecule has 5 nitrogen and oxygen atoms in total. The largest absolute Gasteiger partial charge is 0.480 e. The maximum absolute atomic E-state index is 13.7. The van der Waals surface area contributed by atoms with Gasteiger partial charge in [0.25, 0.3) is 5.91 Å². The van der Waals surface area contributed by atoms with E-state index < -0.39 is 17.8 Å². The summed E-state index contributed by atoms with van der Waals surface area (Å²) in [4.78, 5) is 30.3. The topological polar surface area (TPSA) is 70.5 Å². The molecule has 2 aromatic rings. The van der Waals surface area contributed by atoms with E-state index in [1.807, 2.05) is 0 Å². The fourth-order valence-corrected chi connectivity index (χ4v) is 3.40. The highest BCUT2D eigenvalue weighted by molar-refractivity contribution is 6.07. The van der Waals surface area contributed by atoms with Crippen LogP contribution >= 0.6 is 0 Å². The van der Waals surface area contributed by atoms with Crippen molar-refractivity contribution < 1.29 is 19.1 Å². The van der Waals surface area contributed by atoms with Crippen LogP contribution < -0.4 is 0 Å². The summed E-state index contributed by atoms with van der Waals surface area (Å²) >= 11 is 0. The van der Waals surface area contributed by atoms with Crippen LogP contribution in [0.25, 0.3) is 10.9 Å². The molecule has 1 aromatic carbocycles. The zero-order chi connectivity index (χ0) is 16.8. The molecule has 1 amide bonds. The van der Waals surface area contributed by atoms with Crippen molar-refractivity contribution in [3.05, 3.63) is 41.3 Å².